The molecule has 0 radical (unpaired) electrons. The molecule has 0 heterocycles. The van der Waals surface area contributed by atoms with E-state index in [1.165, 1.54) is 50.2 Å². The monoisotopic (exact) mass is 488 g/mol. The highest BCUT2D eigenvalue weighted by atomic mass is 19.1. The van der Waals surface area contributed by atoms with Gasteiger partial charge >= 0.3 is 5.97 Å². The number of carbonyl (C=O) groups is 1. The average Bonchev–Trinajstić information content (AvgIpc) is 2.89. The van der Waals surface area contributed by atoms with Gasteiger partial charge in [-0.15, -0.1) is 0 Å². The fourth-order valence-corrected chi connectivity index (χ4v) is 6.32. The van der Waals surface area contributed by atoms with E-state index in [1.807, 2.05) is 31.2 Å². The van der Waals surface area contributed by atoms with E-state index in [-0.39, 0.29) is 17.3 Å². The van der Waals surface area contributed by atoms with E-state index in [0.29, 0.717) is 11.7 Å². The molecule has 2 aromatic carbocycles. The number of esters is 1. The predicted octanol–water partition coefficient (Wildman–Crippen LogP) is 9.21. The average molecular weight is 489 g/mol. The third kappa shape index (κ3) is 6.96. The number of hydrogen-bond donors (Lipinski definition) is 0. The zero-order valence-electron chi connectivity index (χ0n) is 21.9. The van der Waals surface area contributed by atoms with Crippen LogP contribution in [0.3, 0.4) is 0 Å². The highest BCUT2D eigenvalue weighted by Gasteiger charge is 2.36. The molecular formula is C33H41FO2. The van der Waals surface area contributed by atoms with Crippen LogP contribution >= 0.6 is 0 Å². The lowest BCUT2D eigenvalue weighted by Crippen LogP contribution is -2.30. The van der Waals surface area contributed by atoms with E-state index in [4.69, 9.17) is 4.74 Å². The van der Waals surface area contributed by atoms with Gasteiger partial charge in [-0.1, -0.05) is 48.9 Å². The Balaban J connectivity index is 1.31. The quantitative estimate of drug-likeness (QED) is 0.200. The van der Waals surface area contributed by atoms with Gasteiger partial charge in [-0.25, -0.2) is 9.18 Å². The van der Waals surface area contributed by atoms with E-state index < -0.39 is 5.97 Å². The van der Waals surface area contributed by atoms with Crippen LogP contribution in [0.5, 0.6) is 5.75 Å². The highest BCUT2D eigenvalue weighted by molar-refractivity contribution is 5.91. The van der Waals surface area contributed by atoms with Crippen LogP contribution in [-0.2, 0) is 6.42 Å². The maximum Gasteiger partial charge on any atom is 0.343 e. The van der Waals surface area contributed by atoms with E-state index in [9.17, 15) is 4.79 Å². The Hall–Kier alpha value is -2.68. The summed E-state index contributed by atoms with van der Waals surface area (Å²) in [5.74, 6) is 2.33. The summed E-state index contributed by atoms with van der Waals surface area (Å²) >= 11 is 0. The summed E-state index contributed by atoms with van der Waals surface area (Å²) in [6.07, 6.45) is 20.3. The topological polar surface area (TPSA) is 26.3 Å². The van der Waals surface area contributed by atoms with Gasteiger partial charge in [0.1, 0.15) is 11.6 Å². The summed E-state index contributed by atoms with van der Waals surface area (Å²) in [6, 6.07) is 12.5. The fourth-order valence-electron chi connectivity index (χ4n) is 6.32. The van der Waals surface area contributed by atoms with E-state index in [0.717, 1.165) is 43.1 Å². The molecule has 36 heavy (non-hydrogen) atoms. The second kappa shape index (κ2) is 13.0. The van der Waals surface area contributed by atoms with Crippen molar-refractivity contribution in [2.45, 2.75) is 84.0 Å². The van der Waals surface area contributed by atoms with Crippen molar-refractivity contribution in [1.29, 1.82) is 0 Å². The standard InChI is InChI=1S/C33H41FO2/c1-3-5-7-9-24-12-18-30(19-13-24)36-33(35)29-17-20-31(32(34)23-29)28-16-15-26-21-25(10-8-6-4-2)11-14-27(26)22-28/h3-6,12-13,17-20,23,25-28H,7-11,14-16,21-22H2,1-2H3/b5-3+,6-4+. The summed E-state index contributed by atoms with van der Waals surface area (Å²) in [5, 5.41) is 0. The Kier molecular flexibility index (Phi) is 9.55. The van der Waals surface area contributed by atoms with Gasteiger partial charge in [0.2, 0.25) is 0 Å². The third-order valence-corrected chi connectivity index (χ3v) is 8.34. The minimum absolute atomic E-state index is 0.256. The number of allylic oxidation sites excluding steroid dienone is 4. The lowest BCUT2D eigenvalue weighted by Gasteiger charge is -2.42. The van der Waals surface area contributed by atoms with Crippen LogP contribution in [-0.4, -0.2) is 5.97 Å². The van der Waals surface area contributed by atoms with Crippen LogP contribution < -0.4 is 4.74 Å². The van der Waals surface area contributed by atoms with Crippen LogP contribution in [0, 0.1) is 23.6 Å². The van der Waals surface area contributed by atoms with Crippen LogP contribution in [0.1, 0.15) is 99.0 Å². The zero-order chi connectivity index (χ0) is 25.3. The van der Waals surface area contributed by atoms with Gasteiger partial charge in [-0.05, 0) is 131 Å². The molecular weight excluding hydrogens is 447 g/mol. The number of carbonyl (C=O) groups excluding carboxylic acids is 1. The van der Waals surface area contributed by atoms with Crippen LogP contribution in [0.4, 0.5) is 4.39 Å². The van der Waals surface area contributed by atoms with Crippen LogP contribution in [0.15, 0.2) is 66.8 Å². The lowest BCUT2D eigenvalue weighted by molar-refractivity contribution is 0.0734. The number of rotatable bonds is 9. The molecule has 2 aliphatic carbocycles. The van der Waals surface area contributed by atoms with Gasteiger partial charge in [0.05, 0.1) is 5.56 Å². The van der Waals surface area contributed by atoms with Gasteiger partial charge in [-0.2, -0.15) is 0 Å². The normalized spacial score (nSPS) is 24.2. The van der Waals surface area contributed by atoms with Gasteiger partial charge in [0.25, 0.3) is 0 Å². The Morgan fingerprint density at radius 2 is 1.64 bits per heavy atom. The minimum Gasteiger partial charge on any atom is -0.423 e. The minimum atomic E-state index is -0.512. The molecule has 4 unspecified atom stereocenters. The Morgan fingerprint density at radius 1 is 0.917 bits per heavy atom. The fraction of sp³-hybridized carbons (Fsp3) is 0.485. The van der Waals surface area contributed by atoms with Crippen molar-refractivity contribution in [3.05, 3.63) is 89.3 Å². The first kappa shape index (κ1) is 26.4. The molecule has 3 heteroatoms. The number of aryl methyl sites for hydroxylation is 1. The molecule has 192 valence electrons. The SMILES string of the molecule is C/C=C/CCc1ccc(OC(=O)c2ccc(C3CCC4CC(CC/C=C/C)CCC4C3)c(F)c2)cc1. The first-order valence-electron chi connectivity index (χ1n) is 13.9. The molecule has 0 amide bonds. The smallest absolute Gasteiger partial charge is 0.343 e. The summed E-state index contributed by atoms with van der Waals surface area (Å²) < 4.78 is 20.7. The van der Waals surface area contributed by atoms with Crippen molar-refractivity contribution in [3.8, 4) is 5.75 Å². The second-order valence-electron chi connectivity index (χ2n) is 10.7. The molecule has 2 saturated carbocycles. The molecule has 0 aromatic heterocycles. The summed E-state index contributed by atoms with van der Waals surface area (Å²) in [4.78, 5) is 12.7. The predicted molar refractivity (Wildman–Crippen MR) is 146 cm³/mol. The molecule has 2 aromatic rings. The number of ether oxygens (including phenoxy) is 1. The molecule has 0 spiro atoms. The molecule has 2 nitrogen and oxygen atoms in total. The molecule has 0 saturated heterocycles. The second-order valence-corrected chi connectivity index (χ2v) is 10.7. The molecule has 4 rings (SSSR count). The van der Waals surface area contributed by atoms with Crippen LogP contribution in [0.25, 0.3) is 0 Å². The third-order valence-electron chi connectivity index (χ3n) is 8.34. The van der Waals surface area contributed by atoms with Crippen molar-refractivity contribution >= 4 is 5.97 Å². The zero-order valence-corrected chi connectivity index (χ0v) is 21.9. The largest absolute Gasteiger partial charge is 0.423 e. The molecule has 4 atom stereocenters. The van der Waals surface area contributed by atoms with Gasteiger partial charge < -0.3 is 4.74 Å². The van der Waals surface area contributed by atoms with Crippen molar-refractivity contribution < 1.29 is 13.9 Å². The maximum atomic E-state index is 15.2. The first-order chi connectivity index (χ1) is 17.6. The summed E-state index contributed by atoms with van der Waals surface area (Å²) in [7, 11) is 0. The Bertz CT molecular complexity index is 1050. The number of halogens is 1. The molecule has 2 fully saturated rings. The van der Waals surface area contributed by atoms with Crippen molar-refractivity contribution in [2.75, 3.05) is 0 Å². The number of hydrogen-bond acceptors (Lipinski definition) is 2. The highest BCUT2D eigenvalue weighted by Crippen LogP contribution is 2.48. The molecule has 0 N–H and O–H groups in total. The van der Waals surface area contributed by atoms with Gasteiger partial charge in [0.15, 0.2) is 0 Å². The van der Waals surface area contributed by atoms with Crippen molar-refractivity contribution in [3.63, 3.8) is 0 Å². The molecule has 0 bridgehead atoms. The number of fused-ring (bicyclic) bond motifs is 1. The van der Waals surface area contributed by atoms with E-state index in [1.54, 1.807) is 18.2 Å². The van der Waals surface area contributed by atoms with E-state index in [2.05, 4.69) is 25.2 Å². The number of benzene rings is 2. The van der Waals surface area contributed by atoms with E-state index >= 15 is 4.39 Å². The van der Waals surface area contributed by atoms with Crippen LogP contribution in [0.2, 0.25) is 0 Å². The van der Waals surface area contributed by atoms with Gasteiger partial charge in [0, 0.05) is 0 Å². The molecule has 2 aliphatic rings. The van der Waals surface area contributed by atoms with Crippen molar-refractivity contribution in [1.82, 2.24) is 0 Å². The Morgan fingerprint density at radius 3 is 2.39 bits per heavy atom. The summed E-state index contributed by atoms with van der Waals surface area (Å²) in [6.45, 7) is 4.11. The maximum absolute atomic E-state index is 15.2. The first-order valence-corrected chi connectivity index (χ1v) is 13.9. The Labute approximate surface area is 216 Å². The van der Waals surface area contributed by atoms with Crippen molar-refractivity contribution in [2.24, 2.45) is 17.8 Å². The molecule has 0 aliphatic heterocycles. The summed E-state index contributed by atoms with van der Waals surface area (Å²) in [5.41, 5.74) is 2.23. The lowest BCUT2D eigenvalue weighted by atomic mass is 9.63. The van der Waals surface area contributed by atoms with Gasteiger partial charge in [-0.3, -0.25) is 0 Å².